The van der Waals surface area contributed by atoms with Crippen molar-refractivity contribution in [2.75, 3.05) is 4.90 Å². The normalized spacial score (nSPS) is 16.8. The number of para-hydroxylation sites is 1. The molecule has 1 N–H and O–H groups in total. The number of amidine groups is 1. The van der Waals surface area contributed by atoms with Crippen LogP contribution >= 0.6 is 11.8 Å². The quantitative estimate of drug-likeness (QED) is 0.160. The molecule has 0 unspecified atom stereocenters. The molecule has 0 aromatic heterocycles. The van der Waals surface area contributed by atoms with Gasteiger partial charge in [-0.1, -0.05) is 30.0 Å². The fourth-order valence-electron chi connectivity index (χ4n) is 2.58. The molecule has 140 valence electrons. The number of rotatable bonds is 4. The summed E-state index contributed by atoms with van der Waals surface area (Å²) in [6.45, 7) is 0. The van der Waals surface area contributed by atoms with E-state index in [2.05, 4.69) is 10.3 Å². The minimum atomic E-state index is -0.758. The summed E-state index contributed by atoms with van der Waals surface area (Å²) >= 11 is 0.986. The lowest BCUT2D eigenvalue weighted by atomic mass is 10.2. The molecule has 0 bridgehead atoms. The number of carbonyl (C=O) groups excluding carboxylic acids is 2. The Morgan fingerprint density at radius 1 is 1.21 bits per heavy atom. The summed E-state index contributed by atoms with van der Waals surface area (Å²) in [4.78, 5) is 40.5. The number of amides is 2. The van der Waals surface area contributed by atoms with Crippen molar-refractivity contribution in [3.63, 3.8) is 0 Å². The second-order valence-corrected chi connectivity index (χ2v) is 6.83. The van der Waals surface area contributed by atoms with Gasteiger partial charge in [0.25, 0.3) is 5.69 Å². The molecule has 0 spiro atoms. The largest absolute Gasteiger partial charge is 0.274 e. The molecule has 0 aliphatic carbocycles. The number of non-ortho nitro benzene ring substituents is 1. The van der Waals surface area contributed by atoms with E-state index in [1.54, 1.807) is 30.5 Å². The number of carbonyl (C=O) groups is 2. The fourth-order valence-corrected chi connectivity index (χ4v) is 3.54. The van der Waals surface area contributed by atoms with Crippen LogP contribution in [0.15, 0.2) is 59.6 Å². The molecule has 1 aliphatic rings. The highest BCUT2D eigenvalue weighted by atomic mass is 32.2. The molecular formula is C18H13N5O4S. The number of anilines is 1. The van der Waals surface area contributed by atoms with Gasteiger partial charge in [-0.2, -0.15) is 5.26 Å². The van der Waals surface area contributed by atoms with Crippen LogP contribution in [0, 0.1) is 21.6 Å². The summed E-state index contributed by atoms with van der Waals surface area (Å²) in [5.41, 5.74) is 0.722. The SMILES string of the molecule is N#CNC(=Nc1ccccc1)S[C@H]1CC(=O)N(c2ccc([N+](=O)[O-])cc2)C1=O. The highest BCUT2D eigenvalue weighted by Gasteiger charge is 2.41. The smallest absolute Gasteiger partial charge is 0.269 e. The van der Waals surface area contributed by atoms with E-state index in [1.807, 2.05) is 6.07 Å². The summed E-state index contributed by atoms with van der Waals surface area (Å²) < 4.78 is 0. The Hall–Kier alpha value is -3.71. The molecule has 1 heterocycles. The van der Waals surface area contributed by atoms with Crippen molar-refractivity contribution >= 4 is 45.8 Å². The molecule has 0 radical (unpaired) electrons. The van der Waals surface area contributed by atoms with E-state index in [0.717, 1.165) is 16.7 Å². The zero-order chi connectivity index (χ0) is 20.1. The number of imide groups is 1. The Kier molecular flexibility index (Phi) is 5.67. The lowest BCUT2D eigenvalue weighted by Crippen LogP contribution is -2.32. The van der Waals surface area contributed by atoms with Crippen LogP contribution in [0.25, 0.3) is 0 Å². The van der Waals surface area contributed by atoms with Crippen LogP contribution in [0.3, 0.4) is 0 Å². The first-order chi connectivity index (χ1) is 13.5. The highest BCUT2D eigenvalue weighted by molar-refractivity contribution is 8.15. The number of thioether (sulfide) groups is 1. The predicted octanol–water partition coefficient (Wildman–Crippen LogP) is 2.72. The minimum absolute atomic E-state index is 0.0680. The van der Waals surface area contributed by atoms with Gasteiger partial charge in [-0.05, 0) is 24.3 Å². The number of nitrogens with zero attached hydrogens (tertiary/aromatic N) is 4. The first-order valence-corrected chi connectivity index (χ1v) is 8.94. The van der Waals surface area contributed by atoms with Crippen LogP contribution in [0.2, 0.25) is 0 Å². The number of nitro benzene ring substituents is 1. The van der Waals surface area contributed by atoms with E-state index in [9.17, 15) is 19.7 Å². The van der Waals surface area contributed by atoms with Crippen LogP contribution in [0.4, 0.5) is 17.1 Å². The standard InChI is InChI=1S/C18H13N5O4S/c19-11-20-18(21-12-4-2-1-3-5-12)28-15-10-16(24)22(17(15)25)13-6-8-14(9-7-13)23(26)27/h1-9,15H,10H2,(H,20,21)/t15-/m0/s1. The Labute approximate surface area is 163 Å². The maximum absolute atomic E-state index is 12.7. The summed E-state index contributed by atoms with van der Waals surface area (Å²) in [7, 11) is 0. The van der Waals surface area contributed by atoms with E-state index in [0.29, 0.717) is 5.69 Å². The number of hydrogen-bond donors (Lipinski definition) is 1. The van der Waals surface area contributed by atoms with Gasteiger partial charge in [0.15, 0.2) is 11.4 Å². The van der Waals surface area contributed by atoms with Crippen molar-refractivity contribution in [3.8, 4) is 6.19 Å². The Morgan fingerprint density at radius 3 is 2.50 bits per heavy atom. The zero-order valence-corrected chi connectivity index (χ0v) is 15.1. The van der Waals surface area contributed by atoms with E-state index in [1.165, 1.54) is 24.3 Å². The maximum Gasteiger partial charge on any atom is 0.269 e. The van der Waals surface area contributed by atoms with Gasteiger partial charge in [-0.3, -0.25) is 25.0 Å². The second kappa shape index (κ2) is 8.32. The van der Waals surface area contributed by atoms with Gasteiger partial charge < -0.3 is 0 Å². The van der Waals surface area contributed by atoms with Gasteiger partial charge in [0, 0.05) is 18.6 Å². The van der Waals surface area contributed by atoms with Crippen molar-refractivity contribution in [2.24, 2.45) is 4.99 Å². The Bertz CT molecular complexity index is 985. The van der Waals surface area contributed by atoms with Crippen molar-refractivity contribution < 1.29 is 14.5 Å². The molecule has 3 rings (SSSR count). The van der Waals surface area contributed by atoms with Crippen LogP contribution in [-0.4, -0.2) is 27.2 Å². The van der Waals surface area contributed by atoms with E-state index < -0.39 is 22.0 Å². The maximum atomic E-state index is 12.7. The van der Waals surface area contributed by atoms with Gasteiger partial charge in [-0.15, -0.1) is 0 Å². The third-order valence-electron chi connectivity index (χ3n) is 3.83. The number of benzene rings is 2. The summed E-state index contributed by atoms with van der Waals surface area (Å²) in [5, 5.41) is 21.6. The first-order valence-electron chi connectivity index (χ1n) is 8.06. The third-order valence-corrected chi connectivity index (χ3v) is 4.90. The molecular weight excluding hydrogens is 382 g/mol. The summed E-state index contributed by atoms with van der Waals surface area (Å²) in [5.74, 6) is -0.892. The van der Waals surface area contributed by atoms with E-state index in [-0.39, 0.29) is 23.0 Å². The van der Waals surface area contributed by atoms with Gasteiger partial charge in [0.05, 0.1) is 16.3 Å². The third kappa shape index (κ3) is 4.16. The average molecular weight is 395 g/mol. The molecule has 9 nitrogen and oxygen atoms in total. The predicted molar refractivity (Wildman–Crippen MR) is 104 cm³/mol. The monoisotopic (exact) mass is 395 g/mol. The van der Waals surface area contributed by atoms with E-state index >= 15 is 0 Å². The molecule has 2 amide bonds. The molecule has 28 heavy (non-hydrogen) atoms. The van der Waals surface area contributed by atoms with Crippen molar-refractivity contribution in [3.05, 3.63) is 64.7 Å². The molecule has 1 aliphatic heterocycles. The van der Waals surface area contributed by atoms with Gasteiger partial charge in [0.2, 0.25) is 11.8 Å². The van der Waals surface area contributed by atoms with Crippen LogP contribution in [0.5, 0.6) is 0 Å². The fraction of sp³-hybridized carbons (Fsp3) is 0.111. The number of nitrogens with one attached hydrogen (secondary N) is 1. The first kappa shape index (κ1) is 19.1. The molecule has 1 saturated heterocycles. The summed E-state index contributed by atoms with van der Waals surface area (Å²) in [6.07, 6.45) is 1.70. The van der Waals surface area contributed by atoms with Crippen LogP contribution in [-0.2, 0) is 9.59 Å². The zero-order valence-electron chi connectivity index (χ0n) is 14.3. The van der Waals surface area contributed by atoms with Crippen molar-refractivity contribution in [2.45, 2.75) is 11.7 Å². The van der Waals surface area contributed by atoms with Crippen LogP contribution in [0.1, 0.15) is 6.42 Å². The molecule has 2 aromatic rings. The number of aliphatic imine (C=N–C) groups is 1. The van der Waals surface area contributed by atoms with Crippen molar-refractivity contribution in [1.82, 2.24) is 5.32 Å². The molecule has 1 fully saturated rings. The molecule has 2 aromatic carbocycles. The number of hydrogen-bond acceptors (Lipinski definition) is 7. The second-order valence-electron chi connectivity index (χ2n) is 5.64. The van der Waals surface area contributed by atoms with Crippen molar-refractivity contribution in [1.29, 1.82) is 5.26 Å². The topological polar surface area (TPSA) is 129 Å². The number of nitriles is 1. The minimum Gasteiger partial charge on any atom is -0.274 e. The molecule has 1 atom stereocenters. The van der Waals surface area contributed by atoms with Crippen LogP contribution < -0.4 is 10.2 Å². The Balaban J connectivity index is 1.79. The Morgan fingerprint density at radius 2 is 1.89 bits per heavy atom. The van der Waals surface area contributed by atoms with Gasteiger partial charge >= 0.3 is 0 Å². The molecule has 0 saturated carbocycles. The number of nitro groups is 1. The van der Waals surface area contributed by atoms with Gasteiger partial charge in [-0.25, -0.2) is 9.89 Å². The van der Waals surface area contributed by atoms with E-state index in [4.69, 9.17) is 5.26 Å². The molecule has 10 heteroatoms. The lowest BCUT2D eigenvalue weighted by Gasteiger charge is -2.14. The summed E-state index contributed by atoms with van der Waals surface area (Å²) in [6, 6.07) is 14.1. The average Bonchev–Trinajstić information content (AvgIpc) is 2.96. The van der Waals surface area contributed by atoms with Gasteiger partial charge in [0.1, 0.15) is 5.25 Å². The lowest BCUT2D eigenvalue weighted by molar-refractivity contribution is -0.384. The highest BCUT2D eigenvalue weighted by Crippen LogP contribution is 2.31.